The maximum atomic E-state index is 13.8. The second-order valence-corrected chi connectivity index (χ2v) is 8.83. The van der Waals surface area contributed by atoms with Crippen molar-refractivity contribution >= 4 is 25.7 Å². The Balaban J connectivity index is 2.86. The molecule has 0 radical (unpaired) electrons. The topological polar surface area (TPSA) is 83.6 Å². The third-order valence-corrected chi connectivity index (χ3v) is 5.63. The number of sulfonamides is 2. The molecule has 0 spiro atoms. The fourth-order valence-corrected chi connectivity index (χ4v) is 4.00. The van der Waals surface area contributed by atoms with Crippen LogP contribution in [0.25, 0.3) is 0 Å². The molecule has 1 rings (SSSR count). The first-order valence-corrected chi connectivity index (χ1v) is 10.5. The van der Waals surface area contributed by atoms with Gasteiger partial charge in [-0.1, -0.05) is 13.3 Å². The number of halogens is 2. The standard InChI is InChI=1S/C13H20F2N2O4S2/c1-3-4-9-23(20,21)16-7-8-17(22(2,18)19)13-6-5-11(14)10-12(13)15/h5-6,10,16H,3-4,7-9H2,1-2H3. The molecule has 1 aromatic carbocycles. The average Bonchev–Trinajstić information content (AvgIpc) is 2.41. The predicted molar refractivity (Wildman–Crippen MR) is 85.2 cm³/mol. The van der Waals surface area contributed by atoms with Crippen LogP contribution in [0.5, 0.6) is 0 Å². The summed E-state index contributed by atoms with van der Waals surface area (Å²) in [5.74, 6) is -1.93. The summed E-state index contributed by atoms with van der Waals surface area (Å²) in [5.41, 5.74) is -0.332. The minimum Gasteiger partial charge on any atom is -0.266 e. The summed E-state index contributed by atoms with van der Waals surface area (Å²) in [6.45, 7) is 1.33. The van der Waals surface area contributed by atoms with Gasteiger partial charge in [0.1, 0.15) is 11.6 Å². The first kappa shape index (κ1) is 19.8. The van der Waals surface area contributed by atoms with Crippen molar-refractivity contribution in [1.29, 1.82) is 0 Å². The average molecular weight is 370 g/mol. The number of nitrogens with one attached hydrogen (secondary N) is 1. The van der Waals surface area contributed by atoms with Gasteiger partial charge in [-0.05, 0) is 18.6 Å². The lowest BCUT2D eigenvalue weighted by Crippen LogP contribution is -2.39. The molecule has 1 N–H and O–H groups in total. The summed E-state index contributed by atoms with van der Waals surface area (Å²) < 4.78 is 76.6. The van der Waals surface area contributed by atoms with Crippen molar-refractivity contribution < 1.29 is 25.6 Å². The van der Waals surface area contributed by atoms with E-state index in [0.29, 0.717) is 23.2 Å². The van der Waals surface area contributed by atoms with Gasteiger partial charge in [0, 0.05) is 19.2 Å². The van der Waals surface area contributed by atoms with E-state index in [9.17, 15) is 25.6 Å². The molecule has 23 heavy (non-hydrogen) atoms. The fourth-order valence-electron chi connectivity index (χ4n) is 1.86. The Bertz CT molecular complexity index is 736. The molecule has 1 aromatic rings. The Labute approximate surface area is 135 Å². The van der Waals surface area contributed by atoms with Gasteiger partial charge in [0.05, 0.1) is 17.7 Å². The van der Waals surface area contributed by atoms with Gasteiger partial charge in [-0.2, -0.15) is 0 Å². The highest BCUT2D eigenvalue weighted by Crippen LogP contribution is 2.22. The summed E-state index contributed by atoms with van der Waals surface area (Å²) in [6, 6.07) is 2.50. The van der Waals surface area contributed by atoms with E-state index in [4.69, 9.17) is 0 Å². The van der Waals surface area contributed by atoms with E-state index < -0.39 is 31.7 Å². The van der Waals surface area contributed by atoms with Gasteiger partial charge in [0.25, 0.3) is 0 Å². The fraction of sp³-hybridized carbons (Fsp3) is 0.538. The zero-order chi connectivity index (χ0) is 17.7. The summed E-state index contributed by atoms with van der Waals surface area (Å²) in [4.78, 5) is 0. The molecule has 0 fully saturated rings. The van der Waals surface area contributed by atoms with Crippen LogP contribution in [0.15, 0.2) is 18.2 Å². The van der Waals surface area contributed by atoms with E-state index in [-0.39, 0.29) is 24.5 Å². The molecule has 0 saturated carbocycles. The quantitative estimate of drug-likeness (QED) is 0.713. The highest BCUT2D eigenvalue weighted by molar-refractivity contribution is 7.92. The number of benzene rings is 1. The summed E-state index contributed by atoms with van der Waals surface area (Å²) in [6.07, 6.45) is 2.05. The molecule has 0 heterocycles. The lowest BCUT2D eigenvalue weighted by atomic mass is 10.3. The molecule has 0 aliphatic carbocycles. The number of nitrogens with zero attached hydrogens (tertiary/aromatic N) is 1. The smallest absolute Gasteiger partial charge is 0.232 e. The van der Waals surface area contributed by atoms with Crippen LogP contribution in [0.3, 0.4) is 0 Å². The molecular formula is C13H20F2N2O4S2. The van der Waals surface area contributed by atoms with Crippen LogP contribution in [0.4, 0.5) is 14.5 Å². The maximum Gasteiger partial charge on any atom is 0.232 e. The summed E-state index contributed by atoms with van der Waals surface area (Å²) >= 11 is 0. The van der Waals surface area contributed by atoms with Gasteiger partial charge < -0.3 is 0 Å². The Kier molecular flexibility index (Phi) is 6.90. The van der Waals surface area contributed by atoms with E-state index in [2.05, 4.69) is 4.72 Å². The van der Waals surface area contributed by atoms with Gasteiger partial charge >= 0.3 is 0 Å². The van der Waals surface area contributed by atoms with Crippen molar-refractivity contribution in [2.45, 2.75) is 19.8 Å². The normalized spacial score (nSPS) is 12.3. The van der Waals surface area contributed by atoms with Crippen molar-refractivity contribution in [3.05, 3.63) is 29.8 Å². The largest absolute Gasteiger partial charge is 0.266 e. The maximum absolute atomic E-state index is 13.8. The van der Waals surface area contributed by atoms with Gasteiger partial charge in [0.15, 0.2) is 0 Å². The van der Waals surface area contributed by atoms with Gasteiger partial charge in [-0.15, -0.1) is 0 Å². The highest BCUT2D eigenvalue weighted by atomic mass is 32.2. The van der Waals surface area contributed by atoms with E-state index in [1.165, 1.54) is 0 Å². The summed E-state index contributed by atoms with van der Waals surface area (Å²) in [5, 5.41) is 0. The molecule has 10 heteroatoms. The van der Waals surface area contributed by atoms with Crippen molar-refractivity contribution in [2.75, 3.05) is 29.4 Å². The molecule has 6 nitrogen and oxygen atoms in total. The van der Waals surface area contributed by atoms with Crippen LogP contribution in [-0.4, -0.2) is 41.9 Å². The van der Waals surface area contributed by atoms with E-state index in [1.807, 2.05) is 6.92 Å². The zero-order valence-electron chi connectivity index (χ0n) is 12.9. The Morgan fingerprint density at radius 2 is 1.83 bits per heavy atom. The monoisotopic (exact) mass is 370 g/mol. The second kappa shape index (κ2) is 8.02. The molecular weight excluding hydrogens is 350 g/mol. The van der Waals surface area contributed by atoms with E-state index >= 15 is 0 Å². The minimum absolute atomic E-state index is 0.0622. The third kappa shape index (κ3) is 6.40. The van der Waals surface area contributed by atoms with Gasteiger partial charge in [0.2, 0.25) is 20.0 Å². The van der Waals surface area contributed by atoms with Crippen molar-refractivity contribution in [1.82, 2.24) is 4.72 Å². The zero-order valence-corrected chi connectivity index (χ0v) is 14.6. The number of rotatable bonds is 9. The van der Waals surface area contributed by atoms with E-state index in [1.54, 1.807) is 0 Å². The lowest BCUT2D eigenvalue weighted by Gasteiger charge is -2.23. The number of anilines is 1. The first-order chi connectivity index (χ1) is 10.6. The van der Waals surface area contributed by atoms with Crippen LogP contribution >= 0.6 is 0 Å². The molecule has 0 saturated heterocycles. The highest BCUT2D eigenvalue weighted by Gasteiger charge is 2.21. The van der Waals surface area contributed by atoms with Gasteiger partial charge in [-0.25, -0.2) is 30.3 Å². The predicted octanol–water partition coefficient (Wildman–Crippen LogP) is 1.45. The molecule has 0 aromatic heterocycles. The molecule has 0 aliphatic rings. The van der Waals surface area contributed by atoms with Crippen LogP contribution < -0.4 is 9.03 Å². The Morgan fingerprint density at radius 3 is 2.35 bits per heavy atom. The molecule has 0 atom stereocenters. The van der Waals surface area contributed by atoms with Crippen molar-refractivity contribution in [2.24, 2.45) is 0 Å². The molecule has 132 valence electrons. The first-order valence-electron chi connectivity index (χ1n) is 6.97. The minimum atomic E-state index is -3.85. The van der Waals surface area contributed by atoms with Crippen molar-refractivity contribution in [3.8, 4) is 0 Å². The molecule has 0 unspecified atom stereocenters. The lowest BCUT2D eigenvalue weighted by molar-refractivity contribution is 0.570. The number of unbranched alkanes of at least 4 members (excludes halogenated alkanes) is 1. The molecule has 0 aliphatic heterocycles. The SMILES string of the molecule is CCCCS(=O)(=O)NCCN(c1ccc(F)cc1F)S(C)(=O)=O. The molecule has 0 amide bonds. The van der Waals surface area contributed by atoms with Crippen LogP contribution in [0.2, 0.25) is 0 Å². The third-order valence-electron chi connectivity index (χ3n) is 2.98. The van der Waals surface area contributed by atoms with Crippen LogP contribution in [0, 0.1) is 11.6 Å². The Hall–Kier alpha value is -1.26. The number of hydrogen-bond donors (Lipinski definition) is 1. The second-order valence-electron chi connectivity index (χ2n) is 5.00. The van der Waals surface area contributed by atoms with Gasteiger partial charge in [-0.3, -0.25) is 4.31 Å². The van der Waals surface area contributed by atoms with E-state index in [0.717, 1.165) is 18.4 Å². The molecule has 0 bridgehead atoms. The van der Waals surface area contributed by atoms with Crippen LogP contribution in [-0.2, 0) is 20.0 Å². The Morgan fingerprint density at radius 1 is 1.17 bits per heavy atom. The van der Waals surface area contributed by atoms with Crippen LogP contribution in [0.1, 0.15) is 19.8 Å². The number of hydrogen-bond acceptors (Lipinski definition) is 4. The van der Waals surface area contributed by atoms with Crippen molar-refractivity contribution in [3.63, 3.8) is 0 Å². The summed E-state index contributed by atoms with van der Waals surface area (Å²) in [7, 11) is -7.36.